The fourth-order valence-electron chi connectivity index (χ4n) is 2.92. The van der Waals surface area contributed by atoms with Crippen molar-refractivity contribution in [1.82, 2.24) is 0 Å². The van der Waals surface area contributed by atoms with E-state index in [9.17, 15) is 13.2 Å². The van der Waals surface area contributed by atoms with Gasteiger partial charge in [0.25, 0.3) is 0 Å². The molecule has 2 atom stereocenters. The summed E-state index contributed by atoms with van der Waals surface area (Å²) >= 11 is 0. The number of halogens is 3. The molecule has 0 bridgehead atoms. The fourth-order valence-corrected chi connectivity index (χ4v) is 2.92. The van der Waals surface area contributed by atoms with E-state index in [2.05, 4.69) is 30.0 Å². The average molecular weight is 299 g/mol. The van der Waals surface area contributed by atoms with Crippen LogP contribution in [-0.4, -0.2) is 12.9 Å². The monoisotopic (exact) mass is 299 g/mol. The molecular weight excluding hydrogens is 279 g/mol. The number of hydrogen-bond donors (Lipinski definition) is 1. The van der Waals surface area contributed by atoms with Crippen LogP contribution in [-0.2, 0) is 0 Å². The molecule has 2 nitrogen and oxygen atoms in total. The van der Waals surface area contributed by atoms with Gasteiger partial charge in [0.1, 0.15) is 0 Å². The van der Waals surface area contributed by atoms with E-state index in [0.717, 1.165) is 12.8 Å². The summed E-state index contributed by atoms with van der Waals surface area (Å²) in [5.74, 6) is 0.775. The molecule has 1 aromatic rings. The Morgan fingerprint density at radius 1 is 1.29 bits per heavy atom. The van der Waals surface area contributed by atoms with E-state index in [4.69, 9.17) is 0 Å². The van der Waals surface area contributed by atoms with Crippen LogP contribution >= 0.6 is 0 Å². The quantitative estimate of drug-likeness (QED) is 0.791. The number of para-hydroxylation sites is 2. The molecule has 1 aromatic carbocycles. The second-order valence-electron chi connectivity index (χ2n) is 5.72. The minimum atomic E-state index is -4.67. The Hall–Kier alpha value is -1.65. The van der Waals surface area contributed by atoms with E-state index in [1.165, 1.54) is 17.7 Å². The van der Waals surface area contributed by atoms with Gasteiger partial charge in [-0.15, -0.1) is 13.2 Å². The molecule has 1 aliphatic rings. The Bertz CT molecular complexity index is 510. The molecule has 1 aliphatic carbocycles. The first-order valence-electron chi connectivity index (χ1n) is 7.09. The van der Waals surface area contributed by atoms with Crippen LogP contribution in [0.2, 0.25) is 0 Å². The zero-order valence-electron chi connectivity index (χ0n) is 12.2. The number of ether oxygens (including phenoxy) is 1. The second-order valence-corrected chi connectivity index (χ2v) is 5.72. The lowest BCUT2D eigenvalue weighted by atomic mass is 9.84. The van der Waals surface area contributed by atoms with Crippen LogP contribution in [0, 0.1) is 11.8 Å². The maximum atomic E-state index is 12.4. The number of nitrogens with one attached hydrogen (secondary N) is 1. The molecule has 0 aliphatic heterocycles. The summed E-state index contributed by atoms with van der Waals surface area (Å²) in [5, 5.41) is 3.09. The number of rotatable bonds is 4. The zero-order valence-corrected chi connectivity index (χ0v) is 12.2. The first-order valence-corrected chi connectivity index (χ1v) is 7.09. The van der Waals surface area contributed by atoms with E-state index >= 15 is 0 Å². The van der Waals surface area contributed by atoms with Gasteiger partial charge in [0.05, 0.1) is 5.69 Å². The van der Waals surface area contributed by atoms with Gasteiger partial charge < -0.3 is 10.1 Å². The van der Waals surface area contributed by atoms with Gasteiger partial charge in [0.2, 0.25) is 0 Å². The highest BCUT2D eigenvalue weighted by Gasteiger charge is 2.32. The average Bonchev–Trinajstić information content (AvgIpc) is 2.35. The lowest BCUT2D eigenvalue weighted by Gasteiger charge is -2.26. The SMILES string of the molecule is CC1=CC(C)CC(CNc2ccccc2OC(F)(F)F)C1. The summed E-state index contributed by atoms with van der Waals surface area (Å²) in [7, 11) is 0. The molecule has 5 heteroatoms. The van der Waals surface area contributed by atoms with E-state index in [-0.39, 0.29) is 5.75 Å². The highest BCUT2D eigenvalue weighted by Crippen LogP contribution is 2.32. The smallest absolute Gasteiger partial charge is 0.404 e. The lowest BCUT2D eigenvalue weighted by molar-refractivity contribution is -0.274. The van der Waals surface area contributed by atoms with Crippen LogP contribution in [0.15, 0.2) is 35.9 Å². The third-order valence-corrected chi connectivity index (χ3v) is 3.58. The van der Waals surface area contributed by atoms with Gasteiger partial charge in [-0.3, -0.25) is 0 Å². The minimum absolute atomic E-state index is 0.180. The Labute approximate surface area is 123 Å². The van der Waals surface area contributed by atoms with E-state index in [0.29, 0.717) is 24.1 Å². The van der Waals surface area contributed by atoms with Crippen molar-refractivity contribution in [3.63, 3.8) is 0 Å². The molecule has 0 saturated carbocycles. The van der Waals surface area contributed by atoms with Crippen LogP contribution in [0.25, 0.3) is 0 Å². The van der Waals surface area contributed by atoms with Gasteiger partial charge in [-0.05, 0) is 43.7 Å². The molecule has 1 N–H and O–H groups in total. The van der Waals surface area contributed by atoms with Crippen molar-refractivity contribution < 1.29 is 17.9 Å². The van der Waals surface area contributed by atoms with Crippen molar-refractivity contribution in [2.45, 2.75) is 33.1 Å². The second kappa shape index (κ2) is 6.41. The molecular formula is C16H20F3NO. The van der Waals surface area contributed by atoms with E-state index < -0.39 is 6.36 Å². The normalized spacial score (nSPS) is 22.6. The van der Waals surface area contributed by atoms with Crippen molar-refractivity contribution in [2.24, 2.45) is 11.8 Å². The van der Waals surface area contributed by atoms with Crippen molar-refractivity contribution in [3.05, 3.63) is 35.9 Å². The highest BCUT2D eigenvalue weighted by atomic mass is 19.4. The molecule has 116 valence electrons. The topological polar surface area (TPSA) is 21.3 Å². The van der Waals surface area contributed by atoms with Crippen molar-refractivity contribution in [3.8, 4) is 5.75 Å². The van der Waals surface area contributed by atoms with Crippen LogP contribution in [0.1, 0.15) is 26.7 Å². The van der Waals surface area contributed by atoms with Gasteiger partial charge in [-0.2, -0.15) is 0 Å². The summed E-state index contributed by atoms with van der Waals surface area (Å²) in [6.45, 7) is 4.91. The van der Waals surface area contributed by atoms with Gasteiger partial charge in [0.15, 0.2) is 5.75 Å². The number of anilines is 1. The fraction of sp³-hybridized carbons (Fsp3) is 0.500. The summed E-state index contributed by atoms with van der Waals surface area (Å²) in [5.41, 5.74) is 1.73. The summed E-state index contributed by atoms with van der Waals surface area (Å²) in [6, 6.07) is 6.16. The number of alkyl halides is 3. The molecule has 0 amide bonds. The van der Waals surface area contributed by atoms with E-state index in [1.54, 1.807) is 12.1 Å². The van der Waals surface area contributed by atoms with Gasteiger partial charge >= 0.3 is 6.36 Å². The Balaban J connectivity index is 1.99. The maximum absolute atomic E-state index is 12.4. The molecule has 0 saturated heterocycles. The first kappa shape index (κ1) is 15.7. The lowest BCUT2D eigenvalue weighted by Crippen LogP contribution is -2.22. The molecule has 0 fully saturated rings. The minimum Gasteiger partial charge on any atom is -0.404 e. The van der Waals surface area contributed by atoms with Crippen molar-refractivity contribution in [1.29, 1.82) is 0 Å². The summed E-state index contributed by atoms with van der Waals surface area (Å²) in [6.07, 6.45) is -0.375. The zero-order chi connectivity index (χ0) is 15.5. The molecule has 21 heavy (non-hydrogen) atoms. The molecule has 0 radical (unpaired) electrons. The Morgan fingerprint density at radius 2 is 2.00 bits per heavy atom. The first-order chi connectivity index (χ1) is 9.83. The Kier molecular flexibility index (Phi) is 4.80. The molecule has 2 unspecified atom stereocenters. The number of benzene rings is 1. The molecule has 2 rings (SSSR count). The highest BCUT2D eigenvalue weighted by molar-refractivity contribution is 5.56. The summed E-state index contributed by atoms with van der Waals surface area (Å²) < 4.78 is 41.1. The number of hydrogen-bond acceptors (Lipinski definition) is 2. The van der Waals surface area contributed by atoms with Gasteiger partial charge in [-0.1, -0.05) is 30.7 Å². The largest absolute Gasteiger partial charge is 0.573 e. The van der Waals surface area contributed by atoms with E-state index in [1.807, 2.05) is 0 Å². The predicted octanol–water partition coefficient (Wildman–Crippen LogP) is 4.99. The molecule has 0 spiro atoms. The standard InChI is InChI=1S/C16H20F3NO/c1-11-7-12(2)9-13(8-11)10-20-14-5-3-4-6-15(14)21-16(17,18)19/h3-7,11,13,20H,8-10H2,1-2H3. The van der Waals surface area contributed by atoms with Crippen molar-refractivity contribution >= 4 is 5.69 Å². The maximum Gasteiger partial charge on any atom is 0.573 e. The van der Waals surface area contributed by atoms with Crippen LogP contribution < -0.4 is 10.1 Å². The third kappa shape index (κ3) is 4.99. The Morgan fingerprint density at radius 3 is 2.67 bits per heavy atom. The predicted molar refractivity (Wildman–Crippen MR) is 77.3 cm³/mol. The van der Waals surface area contributed by atoms with Crippen molar-refractivity contribution in [2.75, 3.05) is 11.9 Å². The number of allylic oxidation sites excluding steroid dienone is 2. The molecule has 0 heterocycles. The van der Waals surface area contributed by atoms with Gasteiger partial charge in [0, 0.05) is 6.54 Å². The third-order valence-electron chi connectivity index (χ3n) is 3.58. The van der Waals surface area contributed by atoms with Crippen LogP contribution in [0.4, 0.5) is 18.9 Å². The summed E-state index contributed by atoms with van der Waals surface area (Å²) in [4.78, 5) is 0. The van der Waals surface area contributed by atoms with Gasteiger partial charge in [-0.25, -0.2) is 0 Å². The van der Waals surface area contributed by atoms with Crippen LogP contribution in [0.5, 0.6) is 5.75 Å². The van der Waals surface area contributed by atoms with Crippen LogP contribution in [0.3, 0.4) is 0 Å². The molecule has 0 aromatic heterocycles.